The Hall–Kier alpha value is -2.11. The molecular weight excluding hydrogens is 246 g/mol. The Morgan fingerprint density at radius 3 is 2.63 bits per heavy atom. The van der Waals surface area contributed by atoms with Crippen LogP contribution in [0.3, 0.4) is 0 Å². The minimum atomic E-state index is -0.878. The Morgan fingerprint density at radius 1 is 1.21 bits per heavy atom. The largest absolute Gasteiger partial charge is 0.341 e. The van der Waals surface area contributed by atoms with Crippen LogP contribution in [0.15, 0.2) is 29.2 Å². The fraction of sp³-hybridized carbons (Fsp3) is 0.462. The van der Waals surface area contributed by atoms with Crippen LogP contribution in [0.25, 0.3) is 0 Å². The smallest absolute Gasteiger partial charge is 0.250 e. The van der Waals surface area contributed by atoms with E-state index in [-0.39, 0.29) is 23.9 Å². The van der Waals surface area contributed by atoms with Gasteiger partial charge in [-0.25, -0.2) is 0 Å². The molecule has 2 amide bonds. The van der Waals surface area contributed by atoms with Crippen molar-refractivity contribution in [3.63, 3.8) is 0 Å². The summed E-state index contributed by atoms with van der Waals surface area (Å²) in [7, 11) is 0. The van der Waals surface area contributed by atoms with Crippen molar-refractivity contribution in [2.24, 2.45) is 0 Å². The van der Waals surface area contributed by atoms with E-state index in [1.165, 1.54) is 15.5 Å². The zero-order valence-corrected chi connectivity index (χ0v) is 11.0. The maximum absolute atomic E-state index is 12.1. The molecule has 0 bridgehead atoms. The standard InChI is InChI=1S/C13H17N3O3/c1-13(2)12(19)16(9-10(17)14-13)8-7-15-6-4-3-5-11(15)18/h3-6H,7-9H2,1-2H3,(H,14,17). The van der Waals surface area contributed by atoms with Crippen molar-refractivity contribution in [1.82, 2.24) is 14.8 Å². The summed E-state index contributed by atoms with van der Waals surface area (Å²) in [5.41, 5.74) is -0.993. The number of amides is 2. The first-order valence-electron chi connectivity index (χ1n) is 6.16. The quantitative estimate of drug-likeness (QED) is 0.805. The van der Waals surface area contributed by atoms with Crippen LogP contribution in [0.2, 0.25) is 0 Å². The molecule has 0 atom stereocenters. The third-order valence-electron chi connectivity index (χ3n) is 3.12. The van der Waals surface area contributed by atoms with E-state index in [0.29, 0.717) is 13.1 Å². The van der Waals surface area contributed by atoms with E-state index in [0.717, 1.165) is 0 Å². The summed E-state index contributed by atoms with van der Waals surface area (Å²) in [6.07, 6.45) is 1.67. The molecule has 0 saturated carbocycles. The van der Waals surface area contributed by atoms with Crippen molar-refractivity contribution in [2.45, 2.75) is 25.9 Å². The third kappa shape index (κ3) is 2.83. The Labute approximate surface area is 111 Å². The van der Waals surface area contributed by atoms with E-state index in [1.54, 1.807) is 32.2 Å². The number of carbonyl (C=O) groups excluding carboxylic acids is 2. The van der Waals surface area contributed by atoms with Crippen LogP contribution in [-0.4, -0.2) is 39.9 Å². The number of carbonyl (C=O) groups is 2. The Kier molecular flexibility index (Phi) is 3.42. The van der Waals surface area contributed by atoms with Crippen LogP contribution in [0.1, 0.15) is 13.8 Å². The van der Waals surface area contributed by atoms with Gasteiger partial charge >= 0.3 is 0 Å². The van der Waals surface area contributed by atoms with Crippen molar-refractivity contribution >= 4 is 11.8 Å². The molecule has 19 heavy (non-hydrogen) atoms. The van der Waals surface area contributed by atoms with Gasteiger partial charge in [-0.1, -0.05) is 6.07 Å². The third-order valence-corrected chi connectivity index (χ3v) is 3.12. The molecule has 1 fully saturated rings. The lowest BCUT2D eigenvalue weighted by molar-refractivity contribution is -0.148. The summed E-state index contributed by atoms with van der Waals surface area (Å²) < 4.78 is 1.52. The molecule has 0 unspecified atom stereocenters. The van der Waals surface area contributed by atoms with Gasteiger partial charge in [0.25, 0.3) is 5.56 Å². The number of hydrogen-bond acceptors (Lipinski definition) is 3. The molecule has 1 aromatic heterocycles. The van der Waals surface area contributed by atoms with Gasteiger partial charge in [0.05, 0.1) is 6.54 Å². The van der Waals surface area contributed by atoms with Gasteiger partial charge in [0.1, 0.15) is 5.54 Å². The SMILES string of the molecule is CC1(C)NC(=O)CN(CCn2ccccc2=O)C1=O. The molecule has 1 aliphatic rings. The fourth-order valence-electron chi connectivity index (χ4n) is 2.14. The second kappa shape index (κ2) is 4.87. The molecule has 0 aromatic carbocycles. The molecule has 102 valence electrons. The monoisotopic (exact) mass is 263 g/mol. The fourth-order valence-corrected chi connectivity index (χ4v) is 2.14. The topological polar surface area (TPSA) is 71.4 Å². The molecule has 6 heteroatoms. The highest BCUT2D eigenvalue weighted by atomic mass is 16.2. The molecule has 2 rings (SSSR count). The molecule has 1 aliphatic heterocycles. The number of rotatable bonds is 3. The van der Waals surface area contributed by atoms with Crippen LogP contribution >= 0.6 is 0 Å². The Bertz CT molecular complexity index is 562. The Balaban J connectivity index is 2.07. The highest BCUT2D eigenvalue weighted by molar-refractivity contribution is 5.97. The van der Waals surface area contributed by atoms with Gasteiger partial charge in [-0.2, -0.15) is 0 Å². The van der Waals surface area contributed by atoms with Crippen molar-refractivity contribution in [3.05, 3.63) is 34.7 Å². The van der Waals surface area contributed by atoms with E-state index < -0.39 is 5.54 Å². The zero-order valence-electron chi connectivity index (χ0n) is 11.0. The number of piperazine rings is 1. The summed E-state index contributed by atoms with van der Waals surface area (Å²) in [6.45, 7) is 4.13. The summed E-state index contributed by atoms with van der Waals surface area (Å²) in [5.74, 6) is -0.305. The first-order valence-corrected chi connectivity index (χ1v) is 6.16. The van der Waals surface area contributed by atoms with Crippen molar-refractivity contribution < 1.29 is 9.59 Å². The lowest BCUT2D eigenvalue weighted by Crippen LogP contribution is -2.64. The first kappa shape index (κ1) is 13.3. The molecule has 1 saturated heterocycles. The number of aromatic nitrogens is 1. The normalized spacial score (nSPS) is 18.3. The van der Waals surface area contributed by atoms with Crippen LogP contribution in [-0.2, 0) is 16.1 Å². The van der Waals surface area contributed by atoms with Crippen molar-refractivity contribution in [3.8, 4) is 0 Å². The van der Waals surface area contributed by atoms with Crippen LogP contribution < -0.4 is 10.9 Å². The first-order chi connectivity index (χ1) is 8.90. The maximum Gasteiger partial charge on any atom is 0.250 e. The summed E-state index contributed by atoms with van der Waals surface area (Å²) in [4.78, 5) is 36.7. The average molecular weight is 263 g/mol. The molecule has 6 nitrogen and oxygen atoms in total. The highest BCUT2D eigenvalue weighted by Crippen LogP contribution is 2.12. The van der Waals surface area contributed by atoms with Gasteiger partial charge in [0, 0.05) is 25.4 Å². The van der Waals surface area contributed by atoms with Crippen LogP contribution in [0, 0.1) is 0 Å². The minimum Gasteiger partial charge on any atom is -0.341 e. The molecule has 1 aromatic rings. The van der Waals surface area contributed by atoms with Gasteiger partial charge in [-0.3, -0.25) is 14.4 Å². The van der Waals surface area contributed by atoms with Crippen LogP contribution in [0.5, 0.6) is 0 Å². The van der Waals surface area contributed by atoms with Crippen molar-refractivity contribution in [2.75, 3.05) is 13.1 Å². The molecule has 0 aliphatic carbocycles. The number of hydrogen-bond donors (Lipinski definition) is 1. The lowest BCUT2D eigenvalue weighted by atomic mass is 10.0. The van der Waals surface area contributed by atoms with Gasteiger partial charge in [0.15, 0.2) is 0 Å². The molecular formula is C13H17N3O3. The summed E-state index contributed by atoms with van der Waals surface area (Å²) in [5, 5.41) is 2.65. The van der Waals surface area contributed by atoms with E-state index >= 15 is 0 Å². The van der Waals surface area contributed by atoms with Gasteiger partial charge < -0.3 is 14.8 Å². The number of nitrogens with zero attached hydrogens (tertiary/aromatic N) is 2. The van der Waals surface area contributed by atoms with E-state index in [1.807, 2.05) is 0 Å². The van der Waals surface area contributed by atoms with E-state index in [2.05, 4.69) is 5.32 Å². The molecule has 2 heterocycles. The van der Waals surface area contributed by atoms with Gasteiger partial charge in [-0.05, 0) is 19.9 Å². The second-order valence-corrected chi connectivity index (χ2v) is 5.13. The minimum absolute atomic E-state index is 0.0455. The van der Waals surface area contributed by atoms with Gasteiger partial charge in [-0.15, -0.1) is 0 Å². The zero-order chi connectivity index (χ0) is 14.0. The number of nitrogens with one attached hydrogen (secondary N) is 1. The van der Waals surface area contributed by atoms with Gasteiger partial charge in [0.2, 0.25) is 11.8 Å². The summed E-state index contributed by atoms with van der Waals surface area (Å²) in [6, 6.07) is 4.90. The second-order valence-electron chi connectivity index (χ2n) is 5.13. The van der Waals surface area contributed by atoms with E-state index in [9.17, 15) is 14.4 Å². The maximum atomic E-state index is 12.1. The highest BCUT2D eigenvalue weighted by Gasteiger charge is 2.38. The Morgan fingerprint density at radius 2 is 1.95 bits per heavy atom. The van der Waals surface area contributed by atoms with E-state index in [4.69, 9.17) is 0 Å². The molecule has 1 N–H and O–H groups in total. The molecule has 0 radical (unpaired) electrons. The summed E-state index contributed by atoms with van der Waals surface area (Å²) >= 11 is 0. The lowest BCUT2D eigenvalue weighted by Gasteiger charge is -2.37. The predicted octanol–water partition coefficient (Wildman–Crippen LogP) is -0.415. The average Bonchev–Trinajstić information content (AvgIpc) is 2.33. The number of pyridine rings is 1. The molecule has 0 spiro atoms. The predicted molar refractivity (Wildman–Crippen MR) is 69.5 cm³/mol. The van der Waals surface area contributed by atoms with Crippen LogP contribution in [0.4, 0.5) is 0 Å². The van der Waals surface area contributed by atoms with Crippen molar-refractivity contribution in [1.29, 1.82) is 0 Å².